The Hall–Kier alpha value is -3.67. The lowest BCUT2D eigenvalue weighted by Gasteiger charge is -2.29. The highest BCUT2D eigenvalue weighted by atomic mass is 16.4. The molecule has 5 rings (SSSR count). The van der Waals surface area contributed by atoms with Crippen molar-refractivity contribution in [3.63, 3.8) is 0 Å². The van der Waals surface area contributed by atoms with Crippen LogP contribution < -0.4 is 10.7 Å². The highest BCUT2D eigenvalue weighted by Gasteiger charge is 2.24. The SMILES string of the molecule is O=C(Cn1c(=O)oc2ccc(-c3ccncc3)cc21)N1CCCc2ccccc21. The molecule has 1 aliphatic heterocycles. The van der Waals surface area contributed by atoms with Crippen LogP contribution in [0, 0.1) is 0 Å². The van der Waals surface area contributed by atoms with Crippen LogP contribution in [0.1, 0.15) is 12.0 Å². The normalized spacial score (nSPS) is 13.4. The summed E-state index contributed by atoms with van der Waals surface area (Å²) in [5.74, 6) is -0.637. The fourth-order valence-electron chi connectivity index (χ4n) is 3.95. The van der Waals surface area contributed by atoms with E-state index in [1.54, 1.807) is 23.4 Å². The summed E-state index contributed by atoms with van der Waals surface area (Å²) in [6.07, 6.45) is 5.32. The van der Waals surface area contributed by atoms with E-state index in [2.05, 4.69) is 11.1 Å². The van der Waals surface area contributed by atoms with Gasteiger partial charge in [0.05, 0.1) is 5.52 Å². The summed E-state index contributed by atoms with van der Waals surface area (Å²) in [7, 11) is 0. The second-order valence-electron chi connectivity index (χ2n) is 7.15. The molecular formula is C23H19N3O3. The van der Waals surface area contributed by atoms with Gasteiger partial charge in [-0.15, -0.1) is 0 Å². The van der Waals surface area contributed by atoms with Crippen molar-refractivity contribution < 1.29 is 9.21 Å². The number of carbonyl (C=O) groups is 1. The van der Waals surface area contributed by atoms with Gasteiger partial charge in [0.2, 0.25) is 5.91 Å². The van der Waals surface area contributed by atoms with Gasteiger partial charge in [-0.25, -0.2) is 4.79 Å². The zero-order chi connectivity index (χ0) is 19.8. The molecule has 1 aliphatic rings. The lowest BCUT2D eigenvalue weighted by atomic mass is 10.0. The number of nitrogens with zero attached hydrogens (tertiary/aromatic N) is 3. The summed E-state index contributed by atoms with van der Waals surface area (Å²) >= 11 is 0. The van der Waals surface area contributed by atoms with Crippen molar-refractivity contribution in [2.45, 2.75) is 19.4 Å². The highest BCUT2D eigenvalue weighted by Crippen LogP contribution is 2.28. The van der Waals surface area contributed by atoms with Crippen LogP contribution in [0.3, 0.4) is 0 Å². The molecule has 0 saturated heterocycles. The Morgan fingerprint density at radius 2 is 1.86 bits per heavy atom. The third-order valence-electron chi connectivity index (χ3n) is 5.39. The summed E-state index contributed by atoms with van der Waals surface area (Å²) in [5.41, 5.74) is 5.10. The zero-order valence-electron chi connectivity index (χ0n) is 15.7. The molecule has 2 aromatic carbocycles. The fraction of sp³-hybridized carbons (Fsp3) is 0.174. The molecule has 2 aromatic heterocycles. The molecule has 0 N–H and O–H groups in total. The fourth-order valence-corrected chi connectivity index (χ4v) is 3.95. The Labute approximate surface area is 167 Å². The average molecular weight is 385 g/mol. The number of amides is 1. The van der Waals surface area contributed by atoms with Crippen molar-refractivity contribution in [1.82, 2.24) is 9.55 Å². The van der Waals surface area contributed by atoms with E-state index in [0.29, 0.717) is 17.6 Å². The second kappa shape index (κ2) is 7.05. The first-order valence-corrected chi connectivity index (χ1v) is 9.63. The van der Waals surface area contributed by atoms with Gasteiger partial charge in [0.25, 0.3) is 0 Å². The summed E-state index contributed by atoms with van der Waals surface area (Å²) in [4.78, 5) is 31.4. The van der Waals surface area contributed by atoms with E-state index in [9.17, 15) is 9.59 Å². The number of pyridine rings is 1. The van der Waals surface area contributed by atoms with E-state index >= 15 is 0 Å². The van der Waals surface area contributed by atoms with E-state index in [1.807, 2.05) is 42.5 Å². The van der Waals surface area contributed by atoms with E-state index < -0.39 is 5.76 Å². The molecule has 0 saturated carbocycles. The van der Waals surface area contributed by atoms with Gasteiger partial charge in [0, 0.05) is 24.6 Å². The quantitative estimate of drug-likeness (QED) is 0.540. The van der Waals surface area contributed by atoms with Gasteiger partial charge in [-0.1, -0.05) is 24.3 Å². The van der Waals surface area contributed by atoms with Gasteiger partial charge in [0.15, 0.2) is 5.58 Å². The van der Waals surface area contributed by atoms with Crippen LogP contribution in [-0.4, -0.2) is 22.0 Å². The standard InChI is InChI=1S/C23H19N3O3/c27-22(25-13-3-5-17-4-1-2-6-19(17)25)15-26-20-14-18(16-9-11-24-12-10-16)7-8-21(20)29-23(26)28/h1-2,4,6-12,14H,3,5,13,15H2. The third-order valence-corrected chi connectivity index (χ3v) is 5.39. The molecule has 3 heterocycles. The Balaban J connectivity index is 1.51. The van der Waals surface area contributed by atoms with E-state index in [-0.39, 0.29) is 12.5 Å². The van der Waals surface area contributed by atoms with Gasteiger partial charge in [-0.2, -0.15) is 0 Å². The molecule has 0 fully saturated rings. The van der Waals surface area contributed by atoms with Crippen LogP contribution in [0.15, 0.2) is 76.2 Å². The molecule has 6 heteroatoms. The van der Waals surface area contributed by atoms with Crippen molar-refractivity contribution in [2.75, 3.05) is 11.4 Å². The minimum absolute atomic E-state index is 0.0556. The molecule has 0 bridgehead atoms. The molecule has 0 unspecified atom stereocenters. The molecule has 0 radical (unpaired) electrons. The van der Waals surface area contributed by atoms with Crippen molar-refractivity contribution in [3.05, 3.63) is 83.1 Å². The van der Waals surface area contributed by atoms with Crippen LogP contribution in [0.4, 0.5) is 5.69 Å². The van der Waals surface area contributed by atoms with Crippen molar-refractivity contribution in [1.29, 1.82) is 0 Å². The average Bonchev–Trinajstić information content (AvgIpc) is 3.08. The first kappa shape index (κ1) is 17.4. The summed E-state index contributed by atoms with van der Waals surface area (Å²) < 4.78 is 6.79. The maximum Gasteiger partial charge on any atom is 0.420 e. The number of fused-ring (bicyclic) bond motifs is 2. The highest BCUT2D eigenvalue weighted by molar-refractivity contribution is 5.95. The molecule has 29 heavy (non-hydrogen) atoms. The molecule has 0 aliphatic carbocycles. The van der Waals surface area contributed by atoms with Crippen molar-refractivity contribution >= 4 is 22.7 Å². The van der Waals surface area contributed by atoms with E-state index in [1.165, 1.54) is 4.57 Å². The number of oxazole rings is 1. The number of carbonyl (C=O) groups excluding carboxylic acids is 1. The summed E-state index contributed by atoms with van der Waals surface area (Å²) in [5, 5.41) is 0. The van der Waals surface area contributed by atoms with Crippen LogP contribution in [-0.2, 0) is 17.8 Å². The van der Waals surface area contributed by atoms with Crippen LogP contribution in [0.2, 0.25) is 0 Å². The first-order chi connectivity index (χ1) is 14.2. The zero-order valence-corrected chi connectivity index (χ0v) is 15.7. The van der Waals surface area contributed by atoms with Crippen LogP contribution >= 0.6 is 0 Å². The smallest absolute Gasteiger partial charge is 0.408 e. The predicted octanol–water partition coefficient (Wildman–Crippen LogP) is 3.64. The Kier molecular flexibility index (Phi) is 4.24. The first-order valence-electron chi connectivity index (χ1n) is 9.63. The molecule has 6 nitrogen and oxygen atoms in total. The number of anilines is 1. The number of aryl methyl sites for hydroxylation is 1. The molecule has 4 aromatic rings. The van der Waals surface area contributed by atoms with E-state index in [0.717, 1.165) is 35.2 Å². The van der Waals surface area contributed by atoms with Gasteiger partial charge in [-0.3, -0.25) is 14.3 Å². The summed E-state index contributed by atoms with van der Waals surface area (Å²) in [6, 6.07) is 17.3. The van der Waals surface area contributed by atoms with E-state index in [4.69, 9.17) is 4.42 Å². The molecule has 1 amide bonds. The van der Waals surface area contributed by atoms with Crippen LogP contribution in [0.25, 0.3) is 22.2 Å². The van der Waals surface area contributed by atoms with Gasteiger partial charge in [0.1, 0.15) is 6.54 Å². The van der Waals surface area contributed by atoms with Gasteiger partial charge in [-0.05, 0) is 59.9 Å². The number of hydrogen-bond acceptors (Lipinski definition) is 4. The minimum Gasteiger partial charge on any atom is -0.408 e. The minimum atomic E-state index is -0.523. The Morgan fingerprint density at radius 1 is 1.03 bits per heavy atom. The molecular weight excluding hydrogens is 366 g/mol. The number of aromatic nitrogens is 2. The third kappa shape index (κ3) is 3.12. The maximum atomic E-state index is 13.1. The lowest BCUT2D eigenvalue weighted by molar-refractivity contribution is -0.119. The molecule has 144 valence electrons. The molecule has 0 spiro atoms. The molecule has 0 atom stereocenters. The monoisotopic (exact) mass is 385 g/mol. The number of benzene rings is 2. The van der Waals surface area contributed by atoms with Gasteiger partial charge >= 0.3 is 5.76 Å². The van der Waals surface area contributed by atoms with Crippen molar-refractivity contribution in [3.8, 4) is 11.1 Å². The summed E-state index contributed by atoms with van der Waals surface area (Å²) in [6.45, 7) is 0.600. The number of para-hydroxylation sites is 1. The largest absolute Gasteiger partial charge is 0.420 e. The number of rotatable bonds is 3. The Bertz CT molecular complexity index is 1260. The Morgan fingerprint density at radius 3 is 2.72 bits per heavy atom. The van der Waals surface area contributed by atoms with Crippen molar-refractivity contribution in [2.24, 2.45) is 0 Å². The topological polar surface area (TPSA) is 68.3 Å². The van der Waals surface area contributed by atoms with Crippen LogP contribution in [0.5, 0.6) is 0 Å². The maximum absolute atomic E-state index is 13.1. The number of hydrogen-bond donors (Lipinski definition) is 0. The predicted molar refractivity (Wildman–Crippen MR) is 111 cm³/mol. The van der Waals surface area contributed by atoms with Gasteiger partial charge < -0.3 is 9.32 Å². The lowest BCUT2D eigenvalue weighted by Crippen LogP contribution is -2.39. The second-order valence-corrected chi connectivity index (χ2v) is 7.15.